The third kappa shape index (κ3) is 2.53. The molecule has 0 spiro atoms. The number of nitrogens with zero attached hydrogens (tertiary/aromatic N) is 2. The molecular formula is C13H15N3S. The van der Waals surface area contributed by atoms with Crippen molar-refractivity contribution in [3.05, 3.63) is 42.1 Å². The van der Waals surface area contributed by atoms with Gasteiger partial charge < -0.3 is 5.32 Å². The van der Waals surface area contributed by atoms with Crippen molar-refractivity contribution in [2.75, 3.05) is 5.32 Å². The van der Waals surface area contributed by atoms with Gasteiger partial charge >= 0.3 is 0 Å². The first kappa shape index (κ1) is 11.8. The first-order chi connectivity index (χ1) is 8.24. The van der Waals surface area contributed by atoms with Gasteiger partial charge in [-0.15, -0.1) is 0 Å². The summed E-state index contributed by atoms with van der Waals surface area (Å²) in [6, 6.07) is 0. The zero-order chi connectivity index (χ0) is 12.3. The number of hydrogen-bond donors (Lipinski definition) is 1. The van der Waals surface area contributed by atoms with Crippen LogP contribution in [-0.2, 0) is 0 Å². The molecule has 3 nitrogen and oxygen atoms in total. The minimum atomic E-state index is 0.491. The number of fused-ring (bicyclic) bond motifs is 1. The molecule has 0 amide bonds. The van der Waals surface area contributed by atoms with Gasteiger partial charge in [0.1, 0.15) is 5.84 Å². The lowest BCUT2D eigenvalue weighted by Crippen LogP contribution is -2.07. The molecular weight excluding hydrogens is 230 g/mol. The van der Waals surface area contributed by atoms with Crippen LogP contribution in [0.5, 0.6) is 0 Å². The van der Waals surface area contributed by atoms with Crippen LogP contribution in [0.25, 0.3) is 6.08 Å². The number of rotatable bonds is 3. The molecule has 1 heterocycles. The van der Waals surface area contributed by atoms with Gasteiger partial charge in [-0.3, -0.25) is 0 Å². The van der Waals surface area contributed by atoms with Gasteiger partial charge in [0.2, 0.25) is 0 Å². The van der Waals surface area contributed by atoms with Crippen molar-refractivity contribution >= 4 is 28.4 Å². The van der Waals surface area contributed by atoms with Gasteiger partial charge in [0.15, 0.2) is 5.13 Å². The molecule has 0 aliphatic heterocycles. The van der Waals surface area contributed by atoms with Crippen molar-refractivity contribution in [1.29, 1.82) is 0 Å². The summed E-state index contributed by atoms with van der Waals surface area (Å²) in [5.41, 5.74) is 1.17. The van der Waals surface area contributed by atoms with Crippen LogP contribution >= 0.6 is 11.3 Å². The maximum Gasteiger partial charge on any atom is 0.189 e. The number of allylic oxidation sites excluding steroid dienone is 1. The fourth-order valence-electron chi connectivity index (χ4n) is 1.70. The van der Waals surface area contributed by atoms with Gasteiger partial charge in [0, 0.05) is 12.1 Å². The van der Waals surface area contributed by atoms with Crippen molar-refractivity contribution in [2.24, 2.45) is 4.99 Å². The molecule has 1 aliphatic rings. The van der Waals surface area contributed by atoms with Crippen LogP contribution in [0.3, 0.4) is 0 Å². The summed E-state index contributed by atoms with van der Waals surface area (Å²) in [6.45, 7) is 9.45. The monoisotopic (exact) mass is 245 g/mol. The first-order valence-corrected chi connectivity index (χ1v) is 6.31. The van der Waals surface area contributed by atoms with E-state index in [-0.39, 0.29) is 0 Å². The van der Waals surface area contributed by atoms with Gasteiger partial charge in [-0.25, -0.2) is 9.98 Å². The van der Waals surface area contributed by atoms with Crippen molar-refractivity contribution in [1.82, 2.24) is 4.98 Å². The van der Waals surface area contributed by atoms with Gasteiger partial charge in [-0.2, -0.15) is 0 Å². The highest BCUT2D eigenvalue weighted by atomic mass is 32.1. The number of aromatic nitrogens is 1. The van der Waals surface area contributed by atoms with E-state index in [0.717, 1.165) is 11.6 Å². The third-order valence-corrected chi connectivity index (χ3v) is 3.52. The molecule has 88 valence electrons. The van der Waals surface area contributed by atoms with E-state index in [0.29, 0.717) is 11.8 Å². The molecule has 0 fully saturated rings. The molecule has 1 aliphatic carbocycles. The summed E-state index contributed by atoms with van der Waals surface area (Å²) in [5.74, 6) is 1.16. The van der Waals surface area contributed by atoms with Crippen molar-refractivity contribution < 1.29 is 0 Å². The van der Waals surface area contributed by atoms with Crippen LogP contribution in [0.1, 0.15) is 29.8 Å². The highest BCUT2D eigenvalue weighted by Crippen LogP contribution is 2.34. The van der Waals surface area contributed by atoms with Crippen LogP contribution in [0.15, 0.2) is 36.5 Å². The fourth-order valence-corrected chi connectivity index (χ4v) is 2.73. The van der Waals surface area contributed by atoms with E-state index >= 15 is 0 Å². The molecule has 1 N–H and O–H groups in total. The Labute approximate surface area is 105 Å². The Balaban J connectivity index is 2.24. The van der Waals surface area contributed by atoms with E-state index in [1.807, 2.05) is 0 Å². The largest absolute Gasteiger partial charge is 0.316 e. The summed E-state index contributed by atoms with van der Waals surface area (Å²) in [5, 5.41) is 4.00. The molecule has 4 heteroatoms. The SMILES string of the molecule is C=CN=C(C=C)Nc1nc2c(s1)C=CCC2C. The van der Waals surface area contributed by atoms with Crippen molar-refractivity contribution in [2.45, 2.75) is 19.3 Å². The molecule has 1 unspecified atom stereocenters. The highest BCUT2D eigenvalue weighted by molar-refractivity contribution is 7.16. The quantitative estimate of drug-likeness (QED) is 0.649. The number of thiazole rings is 1. The van der Waals surface area contributed by atoms with E-state index in [4.69, 9.17) is 0 Å². The standard InChI is InChI=1S/C13H15N3S/c1-4-11(14-5-2)15-13-16-12-9(3)7-6-8-10(12)17-13/h4-6,8-9H,1-2,7H2,3H3,(H,14,15,16). The van der Waals surface area contributed by atoms with Gasteiger partial charge in [0.25, 0.3) is 0 Å². The molecule has 2 rings (SSSR count). The topological polar surface area (TPSA) is 37.3 Å². The normalized spacial score (nSPS) is 18.6. The predicted molar refractivity (Wildman–Crippen MR) is 75.6 cm³/mol. The number of amidine groups is 1. The van der Waals surface area contributed by atoms with E-state index in [1.54, 1.807) is 17.4 Å². The zero-order valence-corrected chi connectivity index (χ0v) is 10.6. The Morgan fingerprint density at radius 1 is 1.65 bits per heavy atom. The number of aliphatic imine (C=N–C) groups is 1. The lowest BCUT2D eigenvalue weighted by Gasteiger charge is -2.10. The third-order valence-electron chi connectivity index (χ3n) is 2.57. The Bertz CT molecular complexity index is 497. The maximum atomic E-state index is 4.60. The second kappa shape index (κ2) is 5.10. The van der Waals surface area contributed by atoms with Gasteiger partial charge in [-0.1, -0.05) is 37.5 Å². The number of hydrogen-bond acceptors (Lipinski definition) is 3. The van der Waals surface area contributed by atoms with Gasteiger partial charge in [0.05, 0.1) is 10.6 Å². The van der Waals surface area contributed by atoms with E-state index < -0.39 is 0 Å². The van der Waals surface area contributed by atoms with Crippen LogP contribution in [0, 0.1) is 0 Å². The summed E-state index contributed by atoms with van der Waals surface area (Å²) >= 11 is 1.64. The van der Waals surface area contributed by atoms with E-state index in [2.05, 4.69) is 47.5 Å². The molecule has 17 heavy (non-hydrogen) atoms. The first-order valence-electron chi connectivity index (χ1n) is 5.50. The average Bonchev–Trinajstić information content (AvgIpc) is 2.72. The molecule has 1 aromatic rings. The highest BCUT2D eigenvalue weighted by Gasteiger charge is 2.18. The Morgan fingerprint density at radius 2 is 2.47 bits per heavy atom. The molecule has 1 aromatic heterocycles. The van der Waals surface area contributed by atoms with E-state index in [9.17, 15) is 0 Å². The van der Waals surface area contributed by atoms with Crippen molar-refractivity contribution in [3.8, 4) is 0 Å². The van der Waals surface area contributed by atoms with Crippen LogP contribution in [0.2, 0.25) is 0 Å². The maximum absolute atomic E-state index is 4.60. The smallest absolute Gasteiger partial charge is 0.189 e. The number of nitrogens with one attached hydrogen (secondary N) is 1. The zero-order valence-electron chi connectivity index (χ0n) is 9.81. The fraction of sp³-hybridized carbons (Fsp3) is 0.231. The minimum Gasteiger partial charge on any atom is -0.316 e. The molecule has 0 saturated carbocycles. The Morgan fingerprint density at radius 3 is 3.12 bits per heavy atom. The minimum absolute atomic E-state index is 0.491. The van der Waals surface area contributed by atoms with Crippen LogP contribution in [-0.4, -0.2) is 10.8 Å². The average molecular weight is 245 g/mol. The molecule has 0 aromatic carbocycles. The second-order valence-electron chi connectivity index (χ2n) is 3.83. The van der Waals surface area contributed by atoms with E-state index in [1.165, 1.54) is 16.8 Å². The lowest BCUT2D eigenvalue weighted by atomic mass is 9.98. The lowest BCUT2D eigenvalue weighted by molar-refractivity contribution is 0.749. The summed E-state index contributed by atoms with van der Waals surface area (Å²) in [7, 11) is 0. The molecule has 1 atom stereocenters. The Kier molecular flexibility index (Phi) is 3.54. The Hall–Kier alpha value is -1.68. The molecule has 0 radical (unpaired) electrons. The summed E-state index contributed by atoms with van der Waals surface area (Å²) in [4.78, 5) is 9.89. The van der Waals surface area contributed by atoms with Crippen LogP contribution in [0.4, 0.5) is 5.13 Å². The number of anilines is 1. The van der Waals surface area contributed by atoms with Crippen molar-refractivity contribution in [3.63, 3.8) is 0 Å². The van der Waals surface area contributed by atoms with Gasteiger partial charge in [-0.05, 0) is 18.6 Å². The second-order valence-corrected chi connectivity index (χ2v) is 4.86. The van der Waals surface area contributed by atoms with Crippen LogP contribution < -0.4 is 5.32 Å². The summed E-state index contributed by atoms with van der Waals surface area (Å²) in [6.07, 6.45) is 8.53. The predicted octanol–water partition coefficient (Wildman–Crippen LogP) is 3.80. The molecule has 0 bridgehead atoms. The molecule has 0 saturated heterocycles. The summed E-state index contributed by atoms with van der Waals surface area (Å²) < 4.78 is 0.